The number of rotatable bonds is 4. The predicted octanol–water partition coefficient (Wildman–Crippen LogP) is 1.15. The molecule has 9 heteroatoms. The summed E-state index contributed by atoms with van der Waals surface area (Å²) in [5, 5.41) is 28.9. The van der Waals surface area contributed by atoms with E-state index in [2.05, 4.69) is 25.5 Å². The first-order valence-electron chi connectivity index (χ1n) is 5.28. The molecule has 0 aliphatic heterocycles. The van der Waals surface area contributed by atoms with Gasteiger partial charge in [-0.05, 0) is 6.92 Å². The molecule has 2 heterocycles. The Morgan fingerprint density at radius 2 is 2.37 bits per heavy atom. The summed E-state index contributed by atoms with van der Waals surface area (Å²) in [6.07, 6.45) is 2.46. The third-order valence-electron chi connectivity index (χ3n) is 2.40. The van der Waals surface area contributed by atoms with E-state index in [0.717, 1.165) is 6.20 Å². The maximum absolute atomic E-state index is 10.6. The number of nitriles is 1. The van der Waals surface area contributed by atoms with E-state index >= 15 is 0 Å². The Bertz CT molecular complexity index is 632. The minimum atomic E-state index is -0.600. The molecule has 2 aromatic heterocycles. The molecule has 9 nitrogen and oxygen atoms in total. The number of nitrogens with one attached hydrogen (secondary N) is 2. The molecule has 0 aromatic carbocycles. The van der Waals surface area contributed by atoms with Gasteiger partial charge in [-0.1, -0.05) is 0 Å². The van der Waals surface area contributed by atoms with Crippen LogP contribution in [0.15, 0.2) is 18.6 Å². The van der Waals surface area contributed by atoms with Gasteiger partial charge in [-0.3, -0.25) is 15.2 Å². The van der Waals surface area contributed by atoms with Gasteiger partial charge in [0.2, 0.25) is 0 Å². The van der Waals surface area contributed by atoms with Crippen molar-refractivity contribution in [3.8, 4) is 6.07 Å². The minimum absolute atomic E-state index is 0.0977. The molecule has 0 aliphatic rings. The van der Waals surface area contributed by atoms with E-state index in [-0.39, 0.29) is 23.1 Å². The fourth-order valence-electron chi connectivity index (χ4n) is 1.45. The molecule has 1 unspecified atom stereocenters. The van der Waals surface area contributed by atoms with E-state index in [4.69, 9.17) is 5.26 Å². The smallest absolute Gasteiger partial charge is 0.289 e. The molecule has 0 bridgehead atoms. The number of nitrogens with zero attached hydrogens (tertiary/aromatic N) is 5. The van der Waals surface area contributed by atoms with Crippen molar-refractivity contribution in [1.29, 1.82) is 5.26 Å². The summed E-state index contributed by atoms with van der Waals surface area (Å²) in [7, 11) is 0. The van der Waals surface area contributed by atoms with Crippen LogP contribution in [-0.2, 0) is 0 Å². The molecule has 0 saturated heterocycles. The second kappa shape index (κ2) is 5.09. The fraction of sp³-hybridized carbons (Fsp3) is 0.200. The highest BCUT2D eigenvalue weighted by atomic mass is 16.6. The zero-order valence-corrected chi connectivity index (χ0v) is 9.86. The van der Waals surface area contributed by atoms with Gasteiger partial charge in [-0.25, -0.2) is 9.97 Å². The molecule has 1 atom stereocenters. The summed E-state index contributed by atoms with van der Waals surface area (Å²) >= 11 is 0. The van der Waals surface area contributed by atoms with Crippen LogP contribution in [-0.4, -0.2) is 25.1 Å². The van der Waals surface area contributed by atoms with Crippen LogP contribution in [0.3, 0.4) is 0 Å². The molecule has 2 rings (SSSR count). The molecule has 0 aliphatic carbocycles. The number of hydrogen-bond acceptors (Lipinski definition) is 7. The minimum Gasteiger partial charge on any atom is -0.359 e. The third kappa shape index (κ3) is 2.63. The number of pyridine rings is 1. The second-order valence-corrected chi connectivity index (χ2v) is 3.70. The number of anilines is 1. The Morgan fingerprint density at radius 3 is 2.95 bits per heavy atom. The van der Waals surface area contributed by atoms with Crippen LogP contribution in [0.4, 0.5) is 11.5 Å². The molecule has 19 heavy (non-hydrogen) atoms. The highest BCUT2D eigenvalue weighted by molar-refractivity contribution is 5.56. The largest absolute Gasteiger partial charge is 0.359 e. The molecule has 2 aromatic rings. The first kappa shape index (κ1) is 12.4. The number of H-pyrrole nitrogens is 1. The number of aromatic amines is 1. The second-order valence-electron chi connectivity index (χ2n) is 3.70. The van der Waals surface area contributed by atoms with Gasteiger partial charge in [0.25, 0.3) is 5.69 Å². The topological polar surface area (TPSA) is 133 Å². The Labute approximate surface area is 107 Å². The molecular weight excluding hydrogens is 250 g/mol. The van der Waals surface area contributed by atoms with Gasteiger partial charge in [-0.2, -0.15) is 10.4 Å². The fourth-order valence-corrected chi connectivity index (χ4v) is 1.45. The van der Waals surface area contributed by atoms with Crippen LogP contribution in [0.2, 0.25) is 0 Å². The Balaban J connectivity index is 2.26. The van der Waals surface area contributed by atoms with Crippen molar-refractivity contribution in [1.82, 2.24) is 20.2 Å². The van der Waals surface area contributed by atoms with Crippen LogP contribution < -0.4 is 5.32 Å². The Kier molecular flexibility index (Phi) is 3.33. The van der Waals surface area contributed by atoms with E-state index in [1.165, 1.54) is 12.4 Å². The molecule has 0 saturated carbocycles. The first-order valence-corrected chi connectivity index (χ1v) is 5.28. The first-order chi connectivity index (χ1) is 9.11. The summed E-state index contributed by atoms with van der Waals surface area (Å²) in [5.74, 6) is 0.834. The molecule has 0 radical (unpaired) electrons. The zero-order chi connectivity index (χ0) is 13.8. The van der Waals surface area contributed by atoms with Crippen molar-refractivity contribution < 1.29 is 4.92 Å². The normalized spacial score (nSPS) is 11.6. The molecule has 96 valence electrons. The molecule has 2 N–H and O–H groups in total. The van der Waals surface area contributed by atoms with E-state index in [1.807, 2.05) is 6.07 Å². The lowest BCUT2D eigenvalue weighted by atomic mass is 10.2. The zero-order valence-electron chi connectivity index (χ0n) is 9.86. The number of nitro groups is 1. The van der Waals surface area contributed by atoms with E-state index in [1.54, 1.807) is 6.92 Å². The van der Waals surface area contributed by atoms with Gasteiger partial charge in [0.1, 0.15) is 35.8 Å². The van der Waals surface area contributed by atoms with Crippen LogP contribution >= 0.6 is 0 Å². The van der Waals surface area contributed by atoms with E-state index < -0.39 is 4.92 Å². The van der Waals surface area contributed by atoms with Gasteiger partial charge in [-0.15, -0.1) is 0 Å². The summed E-state index contributed by atoms with van der Waals surface area (Å²) in [6, 6.07) is 2.77. The maximum Gasteiger partial charge on any atom is 0.289 e. The average Bonchev–Trinajstić information content (AvgIpc) is 2.92. The van der Waals surface area contributed by atoms with Crippen molar-refractivity contribution in [2.24, 2.45) is 0 Å². The Morgan fingerprint density at radius 1 is 1.58 bits per heavy atom. The highest BCUT2D eigenvalue weighted by Gasteiger charge is 2.15. The maximum atomic E-state index is 10.6. The van der Waals surface area contributed by atoms with Gasteiger partial charge < -0.3 is 5.32 Å². The van der Waals surface area contributed by atoms with Crippen molar-refractivity contribution in [2.45, 2.75) is 13.0 Å². The van der Waals surface area contributed by atoms with Crippen LogP contribution in [0.25, 0.3) is 0 Å². The van der Waals surface area contributed by atoms with Crippen molar-refractivity contribution in [3.05, 3.63) is 40.1 Å². The third-order valence-corrected chi connectivity index (χ3v) is 2.40. The van der Waals surface area contributed by atoms with Crippen LogP contribution in [0.5, 0.6) is 0 Å². The summed E-state index contributed by atoms with van der Waals surface area (Å²) in [4.78, 5) is 17.9. The van der Waals surface area contributed by atoms with Gasteiger partial charge in [0.05, 0.1) is 11.0 Å². The van der Waals surface area contributed by atoms with Crippen molar-refractivity contribution in [2.75, 3.05) is 5.32 Å². The summed E-state index contributed by atoms with van der Waals surface area (Å²) < 4.78 is 0. The predicted molar refractivity (Wildman–Crippen MR) is 64.0 cm³/mol. The average molecular weight is 259 g/mol. The molecule has 0 fully saturated rings. The number of aromatic nitrogens is 4. The van der Waals surface area contributed by atoms with E-state index in [0.29, 0.717) is 5.82 Å². The standard InChI is InChI=1S/C10H9N7O2/c1-6(9-13-5-14-16-9)15-10-7(3-11)2-8(4-12-10)17(18)19/h2,4-6H,1H3,(H,12,15)(H,13,14,16). The van der Waals surface area contributed by atoms with Crippen LogP contribution in [0, 0.1) is 21.4 Å². The molecule has 0 amide bonds. The van der Waals surface area contributed by atoms with Crippen molar-refractivity contribution in [3.63, 3.8) is 0 Å². The highest BCUT2D eigenvalue weighted by Crippen LogP contribution is 2.21. The lowest BCUT2D eigenvalue weighted by molar-refractivity contribution is -0.385. The van der Waals surface area contributed by atoms with Gasteiger partial charge in [0.15, 0.2) is 0 Å². The SMILES string of the molecule is CC(Nc1ncc([N+](=O)[O-])cc1C#N)c1ncn[nH]1. The van der Waals surface area contributed by atoms with Crippen LogP contribution in [0.1, 0.15) is 24.4 Å². The van der Waals surface area contributed by atoms with Gasteiger partial charge in [0, 0.05) is 6.07 Å². The monoisotopic (exact) mass is 259 g/mol. The van der Waals surface area contributed by atoms with Crippen molar-refractivity contribution >= 4 is 11.5 Å². The molecular formula is C10H9N7O2. The Hall–Kier alpha value is -3.02. The van der Waals surface area contributed by atoms with Gasteiger partial charge >= 0.3 is 0 Å². The quantitative estimate of drug-likeness (QED) is 0.621. The lowest BCUT2D eigenvalue weighted by Gasteiger charge is -2.12. The van der Waals surface area contributed by atoms with E-state index in [9.17, 15) is 10.1 Å². The summed E-state index contributed by atoms with van der Waals surface area (Å²) in [5.41, 5.74) is -0.130. The molecule has 0 spiro atoms. The lowest BCUT2D eigenvalue weighted by Crippen LogP contribution is -2.11. The summed E-state index contributed by atoms with van der Waals surface area (Å²) in [6.45, 7) is 1.80. The number of hydrogen-bond donors (Lipinski definition) is 2.